The second-order valence-electron chi connectivity index (χ2n) is 6.31. The van der Waals surface area contributed by atoms with Crippen molar-refractivity contribution in [3.8, 4) is 0 Å². The Hall–Kier alpha value is -0.240. The Morgan fingerprint density at radius 1 is 1.19 bits per heavy atom. The van der Waals surface area contributed by atoms with Crippen LogP contribution in [0.4, 0.5) is 0 Å². The second kappa shape index (κ2) is 9.02. The zero-order valence-corrected chi connectivity index (χ0v) is 14.5. The molecule has 3 heteroatoms. The highest BCUT2D eigenvalue weighted by Crippen LogP contribution is 2.30. The fourth-order valence-electron chi connectivity index (χ4n) is 3.38. The molecule has 1 aliphatic carbocycles. The first-order valence-corrected chi connectivity index (χ1v) is 9.12. The van der Waals surface area contributed by atoms with Gasteiger partial charge in [-0.05, 0) is 43.4 Å². The first-order valence-electron chi connectivity index (χ1n) is 8.37. The molecule has 0 aliphatic heterocycles. The molecule has 1 nitrogen and oxygen atoms in total. The Kier molecular flexibility index (Phi) is 7.36. The summed E-state index contributed by atoms with van der Waals surface area (Å²) in [6.07, 6.45) is 10.4. The maximum absolute atomic E-state index is 6.35. The minimum Gasteiger partial charge on any atom is -0.314 e. The van der Waals surface area contributed by atoms with Gasteiger partial charge in [-0.1, -0.05) is 74.4 Å². The summed E-state index contributed by atoms with van der Waals surface area (Å²) < 4.78 is 0. The SMILES string of the molecule is CCCNC(Cc1cccc(Cl)c1Cl)CC1CCCCC1. The van der Waals surface area contributed by atoms with Crippen molar-refractivity contribution in [3.05, 3.63) is 33.8 Å². The van der Waals surface area contributed by atoms with Crippen molar-refractivity contribution in [3.63, 3.8) is 0 Å². The molecular formula is C18H27Cl2N. The van der Waals surface area contributed by atoms with Gasteiger partial charge in [0.25, 0.3) is 0 Å². The van der Waals surface area contributed by atoms with Gasteiger partial charge < -0.3 is 5.32 Å². The highest BCUT2D eigenvalue weighted by atomic mass is 35.5. The fraction of sp³-hybridized carbons (Fsp3) is 0.667. The topological polar surface area (TPSA) is 12.0 Å². The van der Waals surface area contributed by atoms with Gasteiger partial charge in [-0.2, -0.15) is 0 Å². The van der Waals surface area contributed by atoms with Crippen LogP contribution in [0.2, 0.25) is 10.0 Å². The van der Waals surface area contributed by atoms with Crippen LogP contribution in [-0.4, -0.2) is 12.6 Å². The lowest BCUT2D eigenvalue weighted by atomic mass is 9.83. The molecule has 1 fully saturated rings. The second-order valence-corrected chi connectivity index (χ2v) is 7.09. The van der Waals surface area contributed by atoms with Crippen molar-refractivity contribution in [2.75, 3.05) is 6.54 Å². The van der Waals surface area contributed by atoms with E-state index in [-0.39, 0.29) is 0 Å². The zero-order chi connectivity index (χ0) is 15.1. The summed E-state index contributed by atoms with van der Waals surface area (Å²) in [7, 11) is 0. The molecule has 0 saturated heterocycles. The smallest absolute Gasteiger partial charge is 0.0624 e. The number of rotatable bonds is 7. The number of hydrogen-bond donors (Lipinski definition) is 1. The van der Waals surface area contributed by atoms with Gasteiger partial charge >= 0.3 is 0 Å². The van der Waals surface area contributed by atoms with Crippen LogP contribution in [0.25, 0.3) is 0 Å². The maximum Gasteiger partial charge on any atom is 0.0624 e. The first kappa shape index (κ1) is 17.1. The van der Waals surface area contributed by atoms with E-state index in [1.54, 1.807) is 0 Å². The minimum atomic E-state index is 0.518. The van der Waals surface area contributed by atoms with Crippen LogP contribution < -0.4 is 5.32 Å². The van der Waals surface area contributed by atoms with Crippen molar-refractivity contribution in [1.29, 1.82) is 0 Å². The molecule has 1 aromatic carbocycles. The fourth-order valence-corrected chi connectivity index (χ4v) is 3.78. The monoisotopic (exact) mass is 327 g/mol. The molecular weight excluding hydrogens is 301 g/mol. The molecule has 0 bridgehead atoms. The van der Waals surface area contributed by atoms with E-state index in [0.29, 0.717) is 11.1 Å². The maximum atomic E-state index is 6.35. The van der Waals surface area contributed by atoms with Gasteiger partial charge in [0.15, 0.2) is 0 Å². The van der Waals surface area contributed by atoms with Crippen LogP contribution in [0, 0.1) is 5.92 Å². The zero-order valence-electron chi connectivity index (χ0n) is 13.0. The lowest BCUT2D eigenvalue weighted by Crippen LogP contribution is -2.34. The van der Waals surface area contributed by atoms with Gasteiger partial charge in [-0.15, -0.1) is 0 Å². The number of benzene rings is 1. The van der Waals surface area contributed by atoms with Crippen LogP contribution in [0.3, 0.4) is 0 Å². The molecule has 1 atom stereocenters. The molecule has 118 valence electrons. The lowest BCUT2D eigenvalue weighted by Gasteiger charge is -2.27. The molecule has 0 radical (unpaired) electrons. The van der Waals surface area contributed by atoms with Crippen LogP contribution in [-0.2, 0) is 6.42 Å². The van der Waals surface area contributed by atoms with Crippen molar-refractivity contribution in [2.45, 2.75) is 64.3 Å². The van der Waals surface area contributed by atoms with Crippen molar-refractivity contribution < 1.29 is 0 Å². The summed E-state index contributed by atoms with van der Waals surface area (Å²) in [5.74, 6) is 0.881. The van der Waals surface area contributed by atoms with Gasteiger partial charge in [0.1, 0.15) is 0 Å². The Bertz CT molecular complexity index is 427. The molecule has 1 N–H and O–H groups in total. The van der Waals surface area contributed by atoms with E-state index in [4.69, 9.17) is 23.2 Å². The van der Waals surface area contributed by atoms with Crippen molar-refractivity contribution in [1.82, 2.24) is 5.32 Å². The lowest BCUT2D eigenvalue weighted by molar-refractivity contribution is 0.296. The Morgan fingerprint density at radius 2 is 1.95 bits per heavy atom. The van der Waals surface area contributed by atoms with E-state index >= 15 is 0 Å². The molecule has 1 unspecified atom stereocenters. The van der Waals surface area contributed by atoms with Gasteiger partial charge in [0.2, 0.25) is 0 Å². The average Bonchev–Trinajstić information content (AvgIpc) is 2.50. The summed E-state index contributed by atoms with van der Waals surface area (Å²) in [6, 6.07) is 6.49. The molecule has 1 aromatic rings. The number of nitrogens with one attached hydrogen (secondary N) is 1. The van der Waals surface area contributed by atoms with Crippen LogP contribution in [0.15, 0.2) is 18.2 Å². The minimum absolute atomic E-state index is 0.518. The summed E-state index contributed by atoms with van der Waals surface area (Å²) >= 11 is 12.5. The third kappa shape index (κ3) is 5.47. The summed E-state index contributed by atoms with van der Waals surface area (Å²) in [5.41, 5.74) is 1.17. The Labute approximate surface area is 139 Å². The summed E-state index contributed by atoms with van der Waals surface area (Å²) in [6.45, 7) is 3.30. The van der Waals surface area contributed by atoms with Gasteiger partial charge in [0, 0.05) is 6.04 Å². The summed E-state index contributed by atoms with van der Waals surface area (Å²) in [4.78, 5) is 0. The first-order chi connectivity index (χ1) is 10.2. The highest BCUT2D eigenvalue weighted by Gasteiger charge is 2.20. The summed E-state index contributed by atoms with van der Waals surface area (Å²) in [5, 5.41) is 5.11. The average molecular weight is 328 g/mol. The van der Waals surface area contributed by atoms with Crippen molar-refractivity contribution in [2.24, 2.45) is 5.92 Å². The van der Waals surface area contributed by atoms with E-state index in [9.17, 15) is 0 Å². The molecule has 2 rings (SSSR count). The molecule has 0 heterocycles. The van der Waals surface area contributed by atoms with Crippen LogP contribution in [0.5, 0.6) is 0 Å². The Balaban J connectivity index is 1.99. The van der Waals surface area contributed by atoms with Crippen molar-refractivity contribution >= 4 is 23.2 Å². The predicted octanol–water partition coefficient (Wildman–Crippen LogP) is 5.87. The van der Waals surface area contributed by atoms with E-state index in [1.165, 1.54) is 50.5 Å². The van der Waals surface area contributed by atoms with E-state index in [1.807, 2.05) is 12.1 Å². The van der Waals surface area contributed by atoms with E-state index < -0.39 is 0 Å². The van der Waals surface area contributed by atoms with Crippen LogP contribution in [0.1, 0.15) is 57.4 Å². The molecule has 0 spiro atoms. The number of hydrogen-bond acceptors (Lipinski definition) is 1. The molecule has 1 saturated carbocycles. The third-order valence-electron chi connectivity index (χ3n) is 4.52. The van der Waals surface area contributed by atoms with Gasteiger partial charge in [0.05, 0.1) is 10.0 Å². The highest BCUT2D eigenvalue weighted by molar-refractivity contribution is 6.42. The number of halogens is 2. The van der Waals surface area contributed by atoms with E-state index in [2.05, 4.69) is 18.3 Å². The van der Waals surface area contributed by atoms with Gasteiger partial charge in [-0.25, -0.2) is 0 Å². The Morgan fingerprint density at radius 3 is 2.67 bits per heavy atom. The molecule has 0 aromatic heterocycles. The predicted molar refractivity (Wildman–Crippen MR) is 93.4 cm³/mol. The third-order valence-corrected chi connectivity index (χ3v) is 5.38. The van der Waals surface area contributed by atoms with Crippen LogP contribution >= 0.6 is 23.2 Å². The molecule has 0 amide bonds. The van der Waals surface area contributed by atoms with E-state index in [0.717, 1.165) is 23.9 Å². The largest absolute Gasteiger partial charge is 0.314 e. The molecule has 21 heavy (non-hydrogen) atoms. The normalized spacial score (nSPS) is 17.9. The quantitative estimate of drug-likeness (QED) is 0.659. The molecule has 1 aliphatic rings. The standard InChI is InChI=1S/C18H27Cl2N/c1-2-11-21-16(12-14-7-4-3-5-8-14)13-15-9-6-10-17(19)18(15)20/h6,9-10,14,16,21H,2-5,7-8,11-13H2,1H3. The van der Waals surface area contributed by atoms with Gasteiger partial charge in [-0.3, -0.25) is 0 Å².